The second-order valence-corrected chi connectivity index (χ2v) is 5.41. The molecule has 1 N–H and O–H groups in total. The topological polar surface area (TPSA) is 81.8 Å². The predicted molar refractivity (Wildman–Crippen MR) is 88.9 cm³/mol. The van der Waals surface area contributed by atoms with Crippen molar-refractivity contribution in [2.75, 3.05) is 0 Å². The van der Waals surface area contributed by atoms with Crippen LogP contribution in [-0.4, -0.2) is 25.5 Å². The van der Waals surface area contributed by atoms with E-state index >= 15 is 0 Å². The summed E-state index contributed by atoms with van der Waals surface area (Å²) in [4.78, 5) is 23.9. The van der Waals surface area contributed by atoms with Crippen molar-refractivity contribution >= 4 is 17.5 Å². The van der Waals surface area contributed by atoms with Gasteiger partial charge >= 0.3 is 0 Å². The van der Waals surface area contributed by atoms with E-state index in [1.165, 1.54) is 10.7 Å². The lowest BCUT2D eigenvalue weighted by Crippen LogP contribution is -2.33. The van der Waals surface area contributed by atoms with E-state index in [-0.39, 0.29) is 24.6 Å². The predicted octanol–water partition coefficient (Wildman–Crippen LogP) is 1.40. The van der Waals surface area contributed by atoms with Crippen molar-refractivity contribution in [3.63, 3.8) is 0 Å². The summed E-state index contributed by atoms with van der Waals surface area (Å²) in [6.07, 6.45) is 3.31. The van der Waals surface area contributed by atoms with Crippen LogP contribution in [0.3, 0.4) is 0 Å². The number of nitrogens with zero attached hydrogens (tertiary/aromatic N) is 4. The number of aromatic nitrogens is 4. The van der Waals surface area contributed by atoms with Gasteiger partial charge in [0.25, 0.3) is 5.56 Å². The Balaban J connectivity index is 1.69. The Labute approximate surface area is 142 Å². The van der Waals surface area contributed by atoms with Gasteiger partial charge in [-0.1, -0.05) is 29.8 Å². The molecule has 0 aliphatic carbocycles. The Kier molecular flexibility index (Phi) is 4.72. The van der Waals surface area contributed by atoms with Gasteiger partial charge in [-0.05, 0) is 23.8 Å². The molecule has 0 bridgehead atoms. The van der Waals surface area contributed by atoms with Crippen LogP contribution in [0.15, 0.2) is 59.7 Å². The number of carbonyl (C=O) groups excluding carboxylic acids is 1. The highest BCUT2D eigenvalue weighted by atomic mass is 35.5. The van der Waals surface area contributed by atoms with Crippen molar-refractivity contribution in [3.05, 3.63) is 75.8 Å². The Bertz CT molecular complexity index is 905. The molecule has 0 fully saturated rings. The van der Waals surface area contributed by atoms with Crippen molar-refractivity contribution in [3.8, 4) is 5.82 Å². The zero-order valence-corrected chi connectivity index (χ0v) is 13.3. The maximum atomic E-state index is 12.1. The fraction of sp³-hybridized carbons (Fsp3) is 0.125. The maximum Gasteiger partial charge on any atom is 0.267 e. The van der Waals surface area contributed by atoms with Crippen molar-refractivity contribution < 1.29 is 4.79 Å². The van der Waals surface area contributed by atoms with E-state index < -0.39 is 0 Å². The number of rotatable bonds is 5. The Morgan fingerprint density at radius 1 is 1.17 bits per heavy atom. The van der Waals surface area contributed by atoms with Gasteiger partial charge in [0.2, 0.25) is 5.91 Å². The van der Waals surface area contributed by atoms with E-state index in [0.29, 0.717) is 10.8 Å². The highest BCUT2D eigenvalue weighted by molar-refractivity contribution is 6.31. The first-order chi connectivity index (χ1) is 11.6. The largest absolute Gasteiger partial charge is 0.350 e. The van der Waals surface area contributed by atoms with Crippen LogP contribution in [-0.2, 0) is 17.9 Å². The van der Waals surface area contributed by atoms with Crippen LogP contribution in [0.2, 0.25) is 5.02 Å². The molecule has 0 aliphatic rings. The standard InChI is InChI=1S/C16H14ClN5O2/c17-13-5-2-1-4-12(13)10-18-15(23)11-22-16(24)7-6-14(20-22)21-9-3-8-19-21/h1-9H,10-11H2,(H,18,23). The van der Waals surface area contributed by atoms with Gasteiger partial charge in [-0.15, -0.1) is 5.10 Å². The number of amides is 1. The van der Waals surface area contributed by atoms with Crippen molar-refractivity contribution in [2.45, 2.75) is 13.1 Å². The van der Waals surface area contributed by atoms with E-state index in [1.54, 1.807) is 30.6 Å². The number of hydrogen-bond acceptors (Lipinski definition) is 4. The molecule has 0 spiro atoms. The third kappa shape index (κ3) is 3.69. The fourth-order valence-electron chi connectivity index (χ4n) is 2.11. The molecule has 2 heterocycles. The SMILES string of the molecule is O=C(Cn1nc(-n2cccn2)ccc1=O)NCc1ccccc1Cl. The third-order valence-electron chi connectivity index (χ3n) is 3.32. The first-order valence-corrected chi connectivity index (χ1v) is 7.59. The van der Waals surface area contributed by atoms with Crippen LogP contribution in [0, 0.1) is 0 Å². The number of benzene rings is 1. The van der Waals surface area contributed by atoms with Gasteiger partial charge in [0.15, 0.2) is 5.82 Å². The van der Waals surface area contributed by atoms with Gasteiger partial charge in [-0.3, -0.25) is 9.59 Å². The minimum atomic E-state index is -0.362. The second-order valence-electron chi connectivity index (χ2n) is 5.01. The van der Waals surface area contributed by atoms with Crippen LogP contribution in [0.25, 0.3) is 5.82 Å². The summed E-state index contributed by atoms with van der Waals surface area (Å²) >= 11 is 6.04. The molecule has 1 aromatic carbocycles. The van der Waals surface area contributed by atoms with Crippen molar-refractivity contribution in [1.29, 1.82) is 0 Å². The van der Waals surface area contributed by atoms with Crippen molar-refractivity contribution in [1.82, 2.24) is 24.9 Å². The molecule has 0 aliphatic heterocycles. The van der Waals surface area contributed by atoms with Gasteiger partial charge in [0, 0.05) is 30.0 Å². The van der Waals surface area contributed by atoms with Gasteiger partial charge in [0.05, 0.1) is 0 Å². The summed E-state index contributed by atoms with van der Waals surface area (Å²) in [5.41, 5.74) is 0.442. The van der Waals surface area contributed by atoms with E-state index in [4.69, 9.17) is 11.6 Å². The van der Waals surface area contributed by atoms with Gasteiger partial charge in [-0.25, -0.2) is 9.36 Å². The summed E-state index contributed by atoms with van der Waals surface area (Å²) in [5, 5.41) is 11.5. The first-order valence-electron chi connectivity index (χ1n) is 7.22. The molecule has 2 aromatic heterocycles. The zero-order valence-electron chi connectivity index (χ0n) is 12.6. The molecule has 7 nitrogen and oxygen atoms in total. The second kappa shape index (κ2) is 7.10. The third-order valence-corrected chi connectivity index (χ3v) is 3.69. The molecule has 0 unspecified atom stereocenters. The maximum absolute atomic E-state index is 12.1. The summed E-state index contributed by atoms with van der Waals surface area (Å²) in [5.74, 6) is 0.126. The van der Waals surface area contributed by atoms with E-state index in [9.17, 15) is 9.59 Å². The zero-order chi connectivity index (χ0) is 16.9. The molecule has 122 valence electrons. The normalized spacial score (nSPS) is 10.5. The monoisotopic (exact) mass is 343 g/mol. The summed E-state index contributed by atoms with van der Waals surface area (Å²) in [7, 11) is 0. The lowest BCUT2D eigenvalue weighted by atomic mass is 10.2. The Morgan fingerprint density at radius 3 is 2.75 bits per heavy atom. The highest BCUT2D eigenvalue weighted by Crippen LogP contribution is 2.14. The molecule has 8 heteroatoms. The number of halogens is 1. The smallest absolute Gasteiger partial charge is 0.267 e. The van der Waals surface area contributed by atoms with Gasteiger partial charge in [-0.2, -0.15) is 5.10 Å². The van der Waals surface area contributed by atoms with Crippen LogP contribution < -0.4 is 10.9 Å². The lowest BCUT2D eigenvalue weighted by Gasteiger charge is -2.09. The lowest BCUT2D eigenvalue weighted by molar-refractivity contribution is -0.122. The minimum absolute atomic E-state index is 0.182. The summed E-state index contributed by atoms with van der Waals surface area (Å²) < 4.78 is 2.61. The quantitative estimate of drug-likeness (QED) is 0.759. The minimum Gasteiger partial charge on any atom is -0.350 e. The van der Waals surface area contributed by atoms with Crippen molar-refractivity contribution in [2.24, 2.45) is 0 Å². The van der Waals surface area contributed by atoms with E-state index in [0.717, 1.165) is 10.2 Å². The number of carbonyl (C=O) groups is 1. The number of hydrogen-bond donors (Lipinski definition) is 1. The van der Waals surface area contributed by atoms with Gasteiger partial charge < -0.3 is 5.32 Å². The first kappa shape index (κ1) is 15.9. The summed E-state index contributed by atoms with van der Waals surface area (Å²) in [6.45, 7) is 0.102. The fourth-order valence-corrected chi connectivity index (χ4v) is 2.31. The molecular weight excluding hydrogens is 330 g/mol. The Hall–Kier alpha value is -2.93. The molecule has 1 amide bonds. The molecule has 24 heavy (non-hydrogen) atoms. The number of nitrogens with one attached hydrogen (secondary N) is 1. The average Bonchev–Trinajstić information content (AvgIpc) is 3.11. The van der Waals surface area contributed by atoms with Gasteiger partial charge in [0.1, 0.15) is 6.54 Å². The van der Waals surface area contributed by atoms with Crippen LogP contribution in [0.4, 0.5) is 0 Å². The molecule has 0 saturated heterocycles. The molecular formula is C16H14ClN5O2. The molecule has 0 radical (unpaired) electrons. The van der Waals surface area contributed by atoms with E-state index in [2.05, 4.69) is 15.5 Å². The average molecular weight is 344 g/mol. The van der Waals surface area contributed by atoms with Crippen LogP contribution in [0.5, 0.6) is 0 Å². The molecule has 0 saturated carbocycles. The Morgan fingerprint density at radius 2 is 2.00 bits per heavy atom. The molecule has 3 aromatic rings. The highest BCUT2D eigenvalue weighted by Gasteiger charge is 2.08. The van der Waals surface area contributed by atoms with Crippen LogP contribution >= 0.6 is 11.6 Å². The molecule has 0 atom stereocenters. The van der Waals surface area contributed by atoms with E-state index in [1.807, 2.05) is 18.2 Å². The summed E-state index contributed by atoms with van der Waals surface area (Å²) in [6, 6.07) is 11.9. The van der Waals surface area contributed by atoms with Crippen LogP contribution in [0.1, 0.15) is 5.56 Å². The molecule has 3 rings (SSSR count).